The maximum Gasteiger partial charge on any atom is 0.225 e. The molecule has 3 rings (SSSR count). The highest BCUT2D eigenvalue weighted by Gasteiger charge is 2.30. The Morgan fingerprint density at radius 3 is 2.25 bits per heavy atom. The Labute approximate surface area is 188 Å². The molecule has 2 N–H and O–H groups in total. The monoisotopic (exact) mass is 505 g/mol. The van der Waals surface area contributed by atoms with Crippen LogP contribution in [0.15, 0.2) is 4.99 Å². The SMILES string of the molecule is CN=C(NCCCC1CCCC1)NCCN1CCN(C(=O)C2CCC2)CC1.I. The molecule has 0 radical (unpaired) electrons. The number of piperazine rings is 1. The number of aliphatic imine (C=N–C) groups is 1. The number of nitrogens with zero attached hydrogens (tertiary/aromatic N) is 3. The summed E-state index contributed by atoms with van der Waals surface area (Å²) in [6, 6.07) is 0. The molecule has 1 heterocycles. The van der Waals surface area contributed by atoms with Gasteiger partial charge in [0, 0.05) is 58.8 Å². The molecule has 6 nitrogen and oxygen atoms in total. The Bertz CT molecular complexity index is 483. The van der Waals surface area contributed by atoms with Crippen LogP contribution in [-0.4, -0.2) is 74.5 Å². The van der Waals surface area contributed by atoms with Crippen molar-refractivity contribution >= 4 is 35.8 Å². The molecule has 2 saturated carbocycles. The summed E-state index contributed by atoms with van der Waals surface area (Å²) in [5.74, 6) is 2.62. The van der Waals surface area contributed by atoms with Crippen LogP contribution in [0.25, 0.3) is 0 Å². The van der Waals surface area contributed by atoms with Gasteiger partial charge in [0.25, 0.3) is 0 Å². The first-order chi connectivity index (χ1) is 13.3. The minimum atomic E-state index is 0. The molecule has 1 amide bonds. The lowest BCUT2D eigenvalue weighted by Gasteiger charge is -2.38. The van der Waals surface area contributed by atoms with Gasteiger partial charge in [-0.3, -0.25) is 14.7 Å². The molecule has 0 bridgehead atoms. The molecule has 28 heavy (non-hydrogen) atoms. The molecule has 0 spiro atoms. The maximum atomic E-state index is 12.3. The van der Waals surface area contributed by atoms with Crippen molar-refractivity contribution in [2.75, 3.05) is 52.9 Å². The smallest absolute Gasteiger partial charge is 0.225 e. The van der Waals surface area contributed by atoms with Crippen molar-refractivity contribution in [3.63, 3.8) is 0 Å². The second-order valence-electron chi connectivity index (χ2n) is 8.51. The largest absolute Gasteiger partial charge is 0.356 e. The number of carbonyl (C=O) groups excluding carboxylic acids is 1. The van der Waals surface area contributed by atoms with Crippen molar-refractivity contribution in [3.8, 4) is 0 Å². The van der Waals surface area contributed by atoms with Crippen molar-refractivity contribution in [1.29, 1.82) is 0 Å². The minimum absolute atomic E-state index is 0. The second kappa shape index (κ2) is 12.9. The number of carbonyl (C=O) groups is 1. The number of hydrogen-bond acceptors (Lipinski definition) is 3. The fourth-order valence-electron chi connectivity index (χ4n) is 4.55. The summed E-state index contributed by atoms with van der Waals surface area (Å²) in [5, 5.41) is 6.88. The Morgan fingerprint density at radius 1 is 0.964 bits per heavy atom. The van der Waals surface area contributed by atoms with Gasteiger partial charge in [0.1, 0.15) is 0 Å². The van der Waals surface area contributed by atoms with Gasteiger partial charge in [0.15, 0.2) is 5.96 Å². The molecule has 3 aliphatic rings. The molecule has 0 atom stereocenters. The van der Waals surface area contributed by atoms with E-state index in [-0.39, 0.29) is 24.0 Å². The fraction of sp³-hybridized carbons (Fsp3) is 0.905. The van der Waals surface area contributed by atoms with Gasteiger partial charge in [-0.05, 0) is 31.6 Å². The van der Waals surface area contributed by atoms with Gasteiger partial charge in [-0.25, -0.2) is 0 Å². The van der Waals surface area contributed by atoms with Gasteiger partial charge < -0.3 is 15.5 Å². The van der Waals surface area contributed by atoms with Crippen LogP contribution in [-0.2, 0) is 4.79 Å². The summed E-state index contributed by atoms with van der Waals surface area (Å²) in [6.07, 6.45) is 11.8. The van der Waals surface area contributed by atoms with E-state index in [1.54, 1.807) is 0 Å². The zero-order chi connectivity index (χ0) is 18.9. The van der Waals surface area contributed by atoms with Crippen LogP contribution < -0.4 is 10.6 Å². The summed E-state index contributed by atoms with van der Waals surface area (Å²) >= 11 is 0. The molecule has 7 heteroatoms. The van der Waals surface area contributed by atoms with E-state index in [1.807, 2.05) is 7.05 Å². The van der Waals surface area contributed by atoms with E-state index in [4.69, 9.17) is 0 Å². The lowest BCUT2D eigenvalue weighted by atomic mass is 9.84. The first-order valence-corrected chi connectivity index (χ1v) is 11.2. The highest BCUT2D eigenvalue weighted by molar-refractivity contribution is 14.0. The van der Waals surface area contributed by atoms with Crippen molar-refractivity contribution in [2.45, 2.75) is 57.8 Å². The van der Waals surface area contributed by atoms with Crippen molar-refractivity contribution < 1.29 is 4.79 Å². The van der Waals surface area contributed by atoms with Crippen LogP contribution in [0, 0.1) is 11.8 Å². The van der Waals surface area contributed by atoms with Crippen LogP contribution in [0.5, 0.6) is 0 Å². The van der Waals surface area contributed by atoms with Gasteiger partial charge in [-0.1, -0.05) is 32.1 Å². The molecule has 1 aliphatic heterocycles. The number of amides is 1. The van der Waals surface area contributed by atoms with Crippen molar-refractivity contribution in [3.05, 3.63) is 0 Å². The molecule has 2 aliphatic carbocycles. The van der Waals surface area contributed by atoms with E-state index >= 15 is 0 Å². The molecule has 0 aromatic heterocycles. The first kappa shape index (κ1) is 23.7. The number of nitrogens with one attached hydrogen (secondary N) is 2. The van der Waals surface area contributed by atoms with E-state index in [9.17, 15) is 4.79 Å². The molecule has 3 fully saturated rings. The molecule has 1 saturated heterocycles. The summed E-state index contributed by atoms with van der Waals surface area (Å²) in [5.41, 5.74) is 0. The van der Waals surface area contributed by atoms with Crippen LogP contribution in [0.2, 0.25) is 0 Å². The standard InChI is InChI=1S/C21H39N5O.HI/c1-22-21(23-11-5-8-18-6-2-3-7-18)24-12-13-25-14-16-26(17-15-25)20(27)19-9-4-10-19;/h18-19H,2-17H2,1H3,(H2,22,23,24);1H. The van der Waals surface area contributed by atoms with Crippen molar-refractivity contribution in [1.82, 2.24) is 20.4 Å². The Hall–Kier alpha value is -0.570. The van der Waals surface area contributed by atoms with Crippen LogP contribution in [0.3, 0.4) is 0 Å². The molecule has 0 aromatic rings. The Morgan fingerprint density at radius 2 is 1.64 bits per heavy atom. The maximum absolute atomic E-state index is 12.3. The van der Waals surface area contributed by atoms with E-state index in [0.717, 1.165) is 70.5 Å². The topological polar surface area (TPSA) is 60.0 Å². The van der Waals surface area contributed by atoms with Crippen molar-refractivity contribution in [2.24, 2.45) is 16.8 Å². The van der Waals surface area contributed by atoms with Crippen LogP contribution in [0.4, 0.5) is 0 Å². The van der Waals surface area contributed by atoms with E-state index in [1.165, 1.54) is 44.9 Å². The molecular weight excluding hydrogens is 465 g/mol. The fourth-order valence-corrected chi connectivity index (χ4v) is 4.55. The zero-order valence-corrected chi connectivity index (χ0v) is 20.0. The van der Waals surface area contributed by atoms with Gasteiger partial charge >= 0.3 is 0 Å². The summed E-state index contributed by atoms with van der Waals surface area (Å²) < 4.78 is 0. The van der Waals surface area contributed by atoms with Gasteiger partial charge in [0.2, 0.25) is 5.91 Å². The molecular formula is C21H40IN5O. The third-order valence-corrected chi connectivity index (χ3v) is 6.64. The predicted molar refractivity (Wildman–Crippen MR) is 126 cm³/mol. The number of hydrogen-bond donors (Lipinski definition) is 2. The summed E-state index contributed by atoms with van der Waals surface area (Å²) in [4.78, 5) is 21.2. The minimum Gasteiger partial charge on any atom is -0.356 e. The number of rotatable bonds is 8. The average Bonchev–Trinajstić information content (AvgIpc) is 3.16. The van der Waals surface area contributed by atoms with Crippen LogP contribution in [0.1, 0.15) is 57.8 Å². The molecule has 162 valence electrons. The number of guanidine groups is 1. The lowest BCUT2D eigenvalue weighted by molar-refractivity contribution is -0.139. The van der Waals surface area contributed by atoms with Gasteiger partial charge in [0.05, 0.1) is 0 Å². The quantitative estimate of drug-likeness (QED) is 0.231. The molecule has 0 aromatic carbocycles. The zero-order valence-electron chi connectivity index (χ0n) is 17.6. The Balaban J connectivity index is 0.00000280. The van der Waals surface area contributed by atoms with E-state index in [0.29, 0.717) is 11.8 Å². The highest BCUT2D eigenvalue weighted by atomic mass is 127. The lowest BCUT2D eigenvalue weighted by Crippen LogP contribution is -2.52. The second-order valence-corrected chi connectivity index (χ2v) is 8.51. The highest BCUT2D eigenvalue weighted by Crippen LogP contribution is 2.29. The van der Waals surface area contributed by atoms with E-state index in [2.05, 4.69) is 25.4 Å². The summed E-state index contributed by atoms with van der Waals surface area (Å²) in [6.45, 7) is 6.69. The Kier molecular flexibility index (Phi) is 10.9. The van der Waals surface area contributed by atoms with Gasteiger partial charge in [-0.2, -0.15) is 0 Å². The van der Waals surface area contributed by atoms with Gasteiger partial charge in [-0.15, -0.1) is 24.0 Å². The van der Waals surface area contributed by atoms with Crippen LogP contribution >= 0.6 is 24.0 Å². The predicted octanol–water partition coefficient (Wildman–Crippen LogP) is 2.68. The normalized spacial score (nSPS) is 21.9. The third-order valence-electron chi connectivity index (χ3n) is 6.64. The van der Waals surface area contributed by atoms with E-state index < -0.39 is 0 Å². The third kappa shape index (κ3) is 7.35. The average molecular weight is 505 g/mol. The number of halogens is 1. The summed E-state index contributed by atoms with van der Waals surface area (Å²) in [7, 11) is 1.84. The first-order valence-electron chi connectivity index (χ1n) is 11.2. The molecule has 0 unspecified atom stereocenters.